The largest absolute Gasteiger partial charge is 0.469 e. The standard InChI is InChI=1S/C31H42N2O7Si/c1-22-29(41(3,4)38)26(20-27(35)32(18-19-34)21-23-12-6-5-7-13-23)40-31(22)24-14-8-9-15-25(24)33(30(31)37)17-11-10-16-28(36)39-2/h5-9,12-15,22,26,29,34,38H,10-11,16-21H2,1-4H3/t22-,26+,29-,31+/m1/s1. The molecule has 0 aliphatic carbocycles. The van der Waals surface area contributed by atoms with Crippen LogP contribution in [-0.4, -0.2) is 73.8 Å². The highest BCUT2D eigenvalue weighted by molar-refractivity contribution is 6.71. The van der Waals surface area contributed by atoms with E-state index < -0.39 is 20.0 Å². The molecule has 2 aliphatic heterocycles. The number of methoxy groups -OCH3 is 1. The fourth-order valence-corrected chi connectivity index (χ4v) is 9.17. The Hall–Kier alpha value is -3.05. The van der Waals surface area contributed by atoms with Crippen molar-refractivity contribution < 1.29 is 33.8 Å². The van der Waals surface area contributed by atoms with Crippen molar-refractivity contribution in [3.63, 3.8) is 0 Å². The lowest BCUT2D eigenvalue weighted by Gasteiger charge is -2.32. The molecule has 2 amide bonds. The summed E-state index contributed by atoms with van der Waals surface area (Å²) in [4.78, 5) is 54.3. The maximum atomic E-state index is 14.3. The molecule has 4 atom stereocenters. The Morgan fingerprint density at radius 2 is 1.78 bits per heavy atom. The van der Waals surface area contributed by atoms with E-state index in [9.17, 15) is 24.3 Å². The van der Waals surface area contributed by atoms with Gasteiger partial charge in [-0.05, 0) is 37.6 Å². The number of esters is 1. The van der Waals surface area contributed by atoms with E-state index in [2.05, 4.69) is 0 Å². The van der Waals surface area contributed by atoms with E-state index in [1.54, 1.807) is 9.80 Å². The Labute approximate surface area is 243 Å². The van der Waals surface area contributed by atoms with E-state index in [0.29, 0.717) is 25.9 Å². The summed E-state index contributed by atoms with van der Waals surface area (Å²) in [5, 5.41) is 9.69. The van der Waals surface area contributed by atoms with Crippen LogP contribution < -0.4 is 4.90 Å². The summed E-state index contributed by atoms with van der Waals surface area (Å²) in [6, 6.07) is 17.1. The minimum atomic E-state index is -2.93. The molecule has 2 aromatic rings. The van der Waals surface area contributed by atoms with Gasteiger partial charge in [0.05, 0.1) is 31.9 Å². The lowest BCUT2D eigenvalue weighted by Crippen LogP contribution is -2.46. The third-order valence-electron chi connectivity index (χ3n) is 8.45. The topological polar surface area (TPSA) is 117 Å². The van der Waals surface area contributed by atoms with Crippen LogP contribution in [0.2, 0.25) is 18.6 Å². The number of anilines is 1. The van der Waals surface area contributed by atoms with Gasteiger partial charge in [0.2, 0.25) is 5.91 Å². The van der Waals surface area contributed by atoms with Crippen LogP contribution in [0.25, 0.3) is 0 Å². The van der Waals surface area contributed by atoms with Crippen molar-refractivity contribution in [2.75, 3.05) is 31.7 Å². The summed E-state index contributed by atoms with van der Waals surface area (Å²) in [5.74, 6) is -1.05. The van der Waals surface area contributed by atoms with Crippen molar-refractivity contribution in [3.8, 4) is 0 Å². The number of aliphatic hydroxyl groups excluding tert-OH is 1. The number of nitrogens with zero attached hydrogens (tertiary/aromatic N) is 2. The minimum absolute atomic E-state index is 0.00481. The molecule has 2 aliphatic rings. The van der Waals surface area contributed by atoms with Gasteiger partial charge in [0, 0.05) is 43.1 Å². The average Bonchev–Trinajstić information content (AvgIpc) is 3.37. The first kappa shape index (κ1) is 30.9. The van der Waals surface area contributed by atoms with Crippen LogP contribution in [0.4, 0.5) is 5.69 Å². The first-order valence-corrected chi connectivity index (χ1v) is 17.4. The number of para-hydroxylation sites is 1. The number of aliphatic hydroxyl groups is 1. The number of ether oxygens (including phenoxy) is 2. The second kappa shape index (κ2) is 12.9. The number of fused-ring (bicyclic) bond motifs is 2. The highest BCUT2D eigenvalue weighted by atomic mass is 28.4. The Balaban J connectivity index is 1.61. The molecule has 2 aromatic carbocycles. The van der Waals surface area contributed by atoms with Gasteiger partial charge in [-0.25, -0.2) is 0 Å². The third-order valence-corrected chi connectivity index (χ3v) is 10.9. The molecule has 1 spiro atoms. The van der Waals surface area contributed by atoms with Crippen molar-refractivity contribution >= 4 is 31.8 Å². The maximum absolute atomic E-state index is 14.3. The highest BCUT2D eigenvalue weighted by Gasteiger charge is 2.66. The molecule has 4 rings (SSSR count). The van der Waals surface area contributed by atoms with E-state index in [4.69, 9.17) is 9.47 Å². The van der Waals surface area contributed by atoms with Gasteiger partial charge < -0.3 is 29.2 Å². The lowest BCUT2D eigenvalue weighted by atomic mass is 9.82. The molecule has 0 aromatic heterocycles. The van der Waals surface area contributed by atoms with E-state index in [0.717, 1.165) is 16.8 Å². The molecule has 0 radical (unpaired) electrons. The number of carbonyl (C=O) groups is 3. The van der Waals surface area contributed by atoms with Crippen LogP contribution in [0.1, 0.15) is 43.7 Å². The molecule has 1 fully saturated rings. The normalized spacial score (nSPS) is 23.6. The van der Waals surface area contributed by atoms with Crippen molar-refractivity contribution in [1.82, 2.24) is 4.90 Å². The Morgan fingerprint density at radius 3 is 2.44 bits per heavy atom. The summed E-state index contributed by atoms with van der Waals surface area (Å²) in [5.41, 5.74) is 0.762. The number of carbonyl (C=O) groups excluding carboxylic acids is 3. The van der Waals surface area contributed by atoms with Crippen molar-refractivity contribution in [3.05, 3.63) is 65.7 Å². The molecule has 0 unspecified atom stereocenters. The van der Waals surface area contributed by atoms with E-state index >= 15 is 0 Å². The molecule has 9 nitrogen and oxygen atoms in total. The number of unbranched alkanes of at least 4 members (excludes halogenated alkanes) is 1. The van der Waals surface area contributed by atoms with E-state index in [-0.39, 0.29) is 55.2 Å². The van der Waals surface area contributed by atoms with Gasteiger partial charge in [0.15, 0.2) is 13.9 Å². The quantitative estimate of drug-likeness (QED) is 0.223. The fraction of sp³-hybridized carbons (Fsp3) is 0.516. The third kappa shape index (κ3) is 6.25. The average molecular weight is 583 g/mol. The van der Waals surface area contributed by atoms with Gasteiger partial charge in [-0.3, -0.25) is 14.4 Å². The lowest BCUT2D eigenvalue weighted by molar-refractivity contribution is -0.150. The first-order chi connectivity index (χ1) is 19.5. The van der Waals surface area contributed by atoms with Gasteiger partial charge >= 0.3 is 5.97 Å². The molecule has 1 saturated heterocycles. The number of rotatable bonds is 12. The van der Waals surface area contributed by atoms with Crippen LogP contribution in [0.5, 0.6) is 0 Å². The number of hydrogen-bond donors (Lipinski definition) is 2. The number of amides is 2. The Kier molecular flexibility index (Phi) is 9.69. The van der Waals surface area contributed by atoms with Crippen LogP contribution in [0.3, 0.4) is 0 Å². The molecule has 222 valence electrons. The number of hydrogen-bond acceptors (Lipinski definition) is 7. The van der Waals surface area contributed by atoms with Gasteiger partial charge in [-0.1, -0.05) is 55.5 Å². The van der Waals surface area contributed by atoms with Crippen LogP contribution in [0.15, 0.2) is 54.6 Å². The summed E-state index contributed by atoms with van der Waals surface area (Å²) in [6.07, 6.45) is 0.802. The zero-order valence-corrected chi connectivity index (χ0v) is 25.4. The molecule has 2 heterocycles. The smallest absolute Gasteiger partial charge is 0.305 e. The van der Waals surface area contributed by atoms with E-state index in [1.807, 2.05) is 74.6 Å². The zero-order valence-electron chi connectivity index (χ0n) is 24.4. The zero-order chi connectivity index (χ0) is 29.8. The van der Waals surface area contributed by atoms with Crippen molar-refractivity contribution in [2.45, 2.75) is 69.5 Å². The molecular formula is C31H42N2O7Si. The van der Waals surface area contributed by atoms with Crippen LogP contribution >= 0.6 is 0 Å². The van der Waals surface area contributed by atoms with E-state index in [1.165, 1.54) is 7.11 Å². The summed E-state index contributed by atoms with van der Waals surface area (Å²) >= 11 is 0. The molecule has 2 N–H and O–H groups in total. The predicted octanol–water partition coefficient (Wildman–Crippen LogP) is 3.59. The van der Waals surface area contributed by atoms with Crippen molar-refractivity contribution in [2.24, 2.45) is 5.92 Å². The highest BCUT2D eigenvalue weighted by Crippen LogP contribution is 2.59. The first-order valence-electron chi connectivity index (χ1n) is 14.4. The SMILES string of the molecule is COC(=O)CCCCN1C(=O)[C@@]2(O[C@@H](CC(=O)N(CCO)Cc3ccccc3)[C@H]([Si](C)(C)O)[C@H]2C)c2ccccc21. The van der Waals surface area contributed by atoms with Gasteiger partial charge in [-0.15, -0.1) is 0 Å². The molecule has 0 saturated carbocycles. The summed E-state index contributed by atoms with van der Waals surface area (Å²) in [7, 11) is -1.57. The maximum Gasteiger partial charge on any atom is 0.305 e. The fourth-order valence-electron chi connectivity index (χ4n) is 6.61. The number of benzene rings is 2. The monoisotopic (exact) mass is 582 g/mol. The second-order valence-electron chi connectivity index (χ2n) is 11.6. The predicted molar refractivity (Wildman–Crippen MR) is 157 cm³/mol. The van der Waals surface area contributed by atoms with Crippen molar-refractivity contribution in [1.29, 1.82) is 0 Å². The van der Waals surface area contributed by atoms with Gasteiger partial charge in [0.25, 0.3) is 5.91 Å². The Bertz CT molecular complexity index is 1230. The minimum Gasteiger partial charge on any atom is -0.469 e. The summed E-state index contributed by atoms with van der Waals surface area (Å²) in [6.45, 7) is 6.38. The van der Waals surface area contributed by atoms with Gasteiger partial charge in [-0.2, -0.15) is 0 Å². The molecule has 41 heavy (non-hydrogen) atoms. The molecular weight excluding hydrogens is 540 g/mol. The van der Waals surface area contributed by atoms with Gasteiger partial charge in [0.1, 0.15) is 0 Å². The van der Waals surface area contributed by atoms with Crippen LogP contribution in [-0.2, 0) is 36.0 Å². The molecule has 10 heteroatoms. The van der Waals surface area contributed by atoms with Crippen LogP contribution in [0, 0.1) is 5.92 Å². The summed E-state index contributed by atoms with van der Waals surface area (Å²) < 4.78 is 11.5. The molecule has 0 bridgehead atoms. The Morgan fingerprint density at radius 1 is 1.10 bits per heavy atom. The second-order valence-corrected chi connectivity index (χ2v) is 15.6.